The standard InChI is InChI=1S/C65H121NO8/c1-3-5-7-9-11-13-15-17-19-21-23-25-26-27-28-29-30-31-32-33-34-35-37-39-41-43-45-47-49-51-53-55-61(69)66-58(57-73-65-64(72)63(71)62(70)60(56-67)74-65)59(68)54-52-50-48-46-44-42-40-38-36-24-22-20-18-16-14-12-10-8-6-4-2/h23,25,27-28,44,46,52,54,58-60,62-65,67-68,70-72H,3-22,24,26,29-43,45,47-51,53,55-57H2,1-2H3,(H,66,69)/b25-23-,28-27-,46-44+,54-52+. The summed E-state index contributed by atoms with van der Waals surface area (Å²) in [5, 5.41) is 54.6. The van der Waals surface area contributed by atoms with Crippen LogP contribution < -0.4 is 5.32 Å². The number of unbranched alkanes of at least 4 members (excludes halogenated alkanes) is 39. The first-order valence-corrected chi connectivity index (χ1v) is 31.9. The molecule has 1 fully saturated rings. The molecule has 9 nitrogen and oxygen atoms in total. The van der Waals surface area contributed by atoms with Crippen molar-refractivity contribution in [1.29, 1.82) is 0 Å². The Kier molecular flexibility index (Phi) is 51.7. The van der Waals surface area contributed by atoms with E-state index in [1.54, 1.807) is 6.08 Å². The molecular formula is C65H121NO8. The van der Waals surface area contributed by atoms with Crippen molar-refractivity contribution in [2.75, 3.05) is 13.2 Å². The zero-order valence-corrected chi connectivity index (χ0v) is 48.4. The molecule has 9 heteroatoms. The Labute approximate surface area is 456 Å². The molecule has 0 aromatic carbocycles. The second kappa shape index (κ2) is 54.5. The maximum Gasteiger partial charge on any atom is 0.220 e. The van der Waals surface area contributed by atoms with Crippen LogP contribution in [-0.2, 0) is 14.3 Å². The molecule has 1 aliphatic heterocycles. The predicted octanol–water partition coefficient (Wildman–Crippen LogP) is 16.5. The highest BCUT2D eigenvalue weighted by atomic mass is 16.7. The van der Waals surface area contributed by atoms with Gasteiger partial charge in [0.15, 0.2) is 6.29 Å². The summed E-state index contributed by atoms with van der Waals surface area (Å²) in [4.78, 5) is 13.1. The van der Waals surface area contributed by atoms with Crippen molar-refractivity contribution in [2.24, 2.45) is 0 Å². The van der Waals surface area contributed by atoms with Crippen molar-refractivity contribution in [2.45, 2.75) is 346 Å². The van der Waals surface area contributed by atoms with Gasteiger partial charge in [-0.3, -0.25) is 4.79 Å². The second-order valence-electron chi connectivity index (χ2n) is 22.2. The maximum absolute atomic E-state index is 13.1. The van der Waals surface area contributed by atoms with E-state index in [1.165, 1.54) is 238 Å². The van der Waals surface area contributed by atoms with Crippen molar-refractivity contribution in [3.63, 3.8) is 0 Å². The van der Waals surface area contributed by atoms with Crippen LogP contribution in [0.3, 0.4) is 0 Å². The van der Waals surface area contributed by atoms with Crippen molar-refractivity contribution >= 4 is 5.91 Å². The molecule has 0 spiro atoms. The van der Waals surface area contributed by atoms with E-state index in [1.807, 2.05) is 6.08 Å². The van der Waals surface area contributed by atoms with Gasteiger partial charge >= 0.3 is 0 Å². The fourth-order valence-corrected chi connectivity index (χ4v) is 10.1. The van der Waals surface area contributed by atoms with E-state index >= 15 is 0 Å². The zero-order valence-electron chi connectivity index (χ0n) is 48.4. The molecule has 0 saturated carbocycles. The number of ether oxygens (including phenoxy) is 2. The van der Waals surface area contributed by atoms with E-state index in [9.17, 15) is 30.3 Å². The maximum atomic E-state index is 13.1. The molecule has 1 amide bonds. The number of carbonyl (C=O) groups excluding carboxylic acids is 1. The average molecular weight is 1040 g/mol. The first-order valence-electron chi connectivity index (χ1n) is 31.9. The fourth-order valence-electron chi connectivity index (χ4n) is 10.1. The molecule has 434 valence electrons. The topological polar surface area (TPSA) is 149 Å². The molecule has 6 N–H and O–H groups in total. The van der Waals surface area contributed by atoms with Crippen molar-refractivity contribution < 1.29 is 39.8 Å². The second-order valence-corrected chi connectivity index (χ2v) is 22.2. The van der Waals surface area contributed by atoms with E-state index in [0.29, 0.717) is 6.42 Å². The number of hydrogen-bond donors (Lipinski definition) is 6. The van der Waals surface area contributed by atoms with E-state index in [0.717, 1.165) is 44.9 Å². The van der Waals surface area contributed by atoms with Gasteiger partial charge in [0.25, 0.3) is 0 Å². The molecule has 0 bridgehead atoms. The van der Waals surface area contributed by atoms with Crippen molar-refractivity contribution in [3.8, 4) is 0 Å². The van der Waals surface area contributed by atoms with Gasteiger partial charge in [0.1, 0.15) is 24.4 Å². The molecule has 1 saturated heterocycles. The summed E-state index contributed by atoms with van der Waals surface area (Å²) in [6, 6.07) is -0.823. The quantitative estimate of drug-likeness (QED) is 0.0261. The Balaban J connectivity index is 2.17. The zero-order chi connectivity index (χ0) is 53.6. The van der Waals surface area contributed by atoms with Crippen LogP contribution in [-0.4, -0.2) is 87.5 Å². The van der Waals surface area contributed by atoms with E-state index in [2.05, 4.69) is 55.6 Å². The monoisotopic (exact) mass is 1040 g/mol. The normalized spacial score (nSPS) is 19.3. The van der Waals surface area contributed by atoms with Crippen LogP contribution in [0.2, 0.25) is 0 Å². The Morgan fingerprint density at radius 2 is 0.811 bits per heavy atom. The average Bonchev–Trinajstić information content (AvgIpc) is 3.40. The summed E-state index contributed by atoms with van der Waals surface area (Å²) in [5.41, 5.74) is 0. The van der Waals surface area contributed by atoms with Crippen LogP contribution in [0.4, 0.5) is 0 Å². The summed E-state index contributed by atoms with van der Waals surface area (Å²) in [5.74, 6) is -0.184. The number of hydrogen-bond acceptors (Lipinski definition) is 8. The summed E-state index contributed by atoms with van der Waals surface area (Å²) in [7, 11) is 0. The minimum absolute atomic E-state index is 0.184. The SMILES string of the molecule is CCCCCCCCCCC/C=C\C/C=C\CCCCCCCCCCCCCCCCCC(=O)NC(COC1OC(CO)C(O)C(O)C1O)C(O)/C=C/CC/C=C/CCCCCCCCCCCCCCCC. The predicted molar refractivity (Wildman–Crippen MR) is 313 cm³/mol. The Hall–Kier alpha value is -1.85. The molecule has 0 aromatic heterocycles. The largest absolute Gasteiger partial charge is 0.394 e. The third-order valence-electron chi connectivity index (χ3n) is 15.1. The Morgan fingerprint density at radius 1 is 0.459 bits per heavy atom. The van der Waals surface area contributed by atoms with Crippen molar-refractivity contribution in [1.82, 2.24) is 5.32 Å². The van der Waals surface area contributed by atoms with Crippen LogP contribution in [0.15, 0.2) is 48.6 Å². The lowest BCUT2D eigenvalue weighted by Gasteiger charge is -2.40. The number of allylic oxidation sites excluding steroid dienone is 7. The molecule has 0 aliphatic carbocycles. The fraction of sp³-hybridized carbons (Fsp3) is 0.862. The molecule has 1 heterocycles. The van der Waals surface area contributed by atoms with Crippen LogP contribution in [0.1, 0.15) is 303 Å². The van der Waals surface area contributed by atoms with Gasteiger partial charge in [0.05, 0.1) is 25.4 Å². The Bertz CT molecular complexity index is 1300. The van der Waals surface area contributed by atoms with Gasteiger partial charge in [-0.05, 0) is 64.2 Å². The molecule has 0 aromatic rings. The number of amides is 1. The van der Waals surface area contributed by atoms with Crippen LogP contribution >= 0.6 is 0 Å². The minimum Gasteiger partial charge on any atom is -0.394 e. The van der Waals surface area contributed by atoms with E-state index in [4.69, 9.17) is 9.47 Å². The number of aliphatic hydroxyl groups is 5. The summed E-state index contributed by atoms with van der Waals surface area (Å²) in [6.07, 6.45) is 66.3. The van der Waals surface area contributed by atoms with Crippen LogP contribution in [0, 0.1) is 0 Å². The molecule has 74 heavy (non-hydrogen) atoms. The third kappa shape index (κ3) is 43.2. The van der Waals surface area contributed by atoms with Gasteiger partial charge < -0.3 is 40.3 Å². The molecule has 0 radical (unpaired) electrons. The van der Waals surface area contributed by atoms with Crippen LogP contribution in [0.5, 0.6) is 0 Å². The molecule has 7 atom stereocenters. The summed E-state index contributed by atoms with van der Waals surface area (Å²) in [6.45, 7) is 3.80. The van der Waals surface area contributed by atoms with Gasteiger partial charge in [-0.2, -0.15) is 0 Å². The number of nitrogens with one attached hydrogen (secondary N) is 1. The molecular weight excluding hydrogens is 923 g/mol. The van der Waals surface area contributed by atoms with Gasteiger partial charge in [-0.1, -0.05) is 281 Å². The summed E-state index contributed by atoms with van der Waals surface area (Å²) < 4.78 is 11.3. The lowest BCUT2D eigenvalue weighted by Crippen LogP contribution is -2.60. The van der Waals surface area contributed by atoms with Gasteiger partial charge in [0.2, 0.25) is 5.91 Å². The molecule has 1 aliphatic rings. The minimum atomic E-state index is -1.57. The lowest BCUT2D eigenvalue weighted by atomic mass is 9.99. The highest BCUT2D eigenvalue weighted by Crippen LogP contribution is 2.23. The Morgan fingerprint density at radius 3 is 1.22 bits per heavy atom. The molecule has 1 rings (SSSR count). The third-order valence-corrected chi connectivity index (χ3v) is 15.1. The highest BCUT2D eigenvalue weighted by molar-refractivity contribution is 5.76. The lowest BCUT2D eigenvalue weighted by molar-refractivity contribution is -0.302. The number of carbonyl (C=O) groups is 1. The highest BCUT2D eigenvalue weighted by Gasteiger charge is 2.44. The smallest absolute Gasteiger partial charge is 0.220 e. The van der Waals surface area contributed by atoms with Gasteiger partial charge in [-0.15, -0.1) is 0 Å². The molecule has 7 unspecified atom stereocenters. The first kappa shape index (κ1) is 70.2. The van der Waals surface area contributed by atoms with E-state index in [-0.39, 0.29) is 12.5 Å². The van der Waals surface area contributed by atoms with E-state index < -0.39 is 49.5 Å². The first-order chi connectivity index (χ1) is 36.3. The summed E-state index contributed by atoms with van der Waals surface area (Å²) >= 11 is 0. The van der Waals surface area contributed by atoms with Crippen molar-refractivity contribution in [3.05, 3.63) is 48.6 Å². The van der Waals surface area contributed by atoms with Gasteiger partial charge in [-0.25, -0.2) is 0 Å². The number of rotatable bonds is 55. The number of aliphatic hydroxyl groups excluding tert-OH is 5. The van der Waals surface area contributed by atoms with Gasteiger partial charge in [0, 0.05) is 6.42 Å². The van der Waals surface area contributed by atoms with Crippen LogP contribution in [0.25, 0.3) is 0 Å².